The number of hydrogen-bond donors (Lipinski definition) is 4. The number of ether oxygens (including phenoxy) is 1. The summed E-state index contributed by atoms with van der Waals surface area (Å²) in [7, 11) is 0. The lowest BCUT2D eigenvalue weighted by atomic mass is 10.1. The zero-order chi connectivity index (χ0) is 27.8. The van der Waals surface area contributed by atoms with E-state index in [0.717, 1.165) is 10.6 Å². The first-order chi connectivity index (χ1) is 19.4. The molecule has 2 aromatic heterocycles. The molecule has 0 aliphatic carbocycles. The maximum absolute atomic E-state index is 13.8. The van der Waals surface area contributed by atoms with Crippen LogP contribution in [0.25, 0.3) is 10.9 Å². The van der Waals surface area contributed by atoms with E-state index < -0.39 is 5.82 Å². The highest BCUT2D eigenvalue weighted by Gasteiger charge is 2.31. The largest absolute Gasteiger partial charge is 0.377 e. The first-order valence-electron chi connectivity index (χ1n) is 12.0. The van der Waals surface area contributed by atoms with Crippen LogP contribution in [-0.2, 0) is 4.74 Å². The van der Waals surface area contributed by atoms with Gasteiger partial charge in [-0.2, -0.15) is 10.5 Å². The van der Waals surface area contributed by atoms with Gasteiger partial charge in [0.15, 0.2) is 0 Å². The molecule has 0 unspecified atom stereocenters. The average Bonchev–Trinajstić information content (AvgIpc) is 3.59. The van der Waals surface area contributed by atoms with Gasteiger partial charge in [-0.15, -0.1) is 16.9 Å². The molecule has 0 amide bonds. The van der Waals surface area contributed by atoms with Crippen LogP contribution in [0.1, 0.15) is 22.0 Å². The molecule has 0 spiro atoms. The van der Waals surface area contributed by atoms with Crippen molar-refractivity contribution >= 4 is 62.5 Å². The highest BCUT2D eigenvalue weighted by Crippen LogP contribution is 2.38. The van der Waals surface area contributed by atoms with Crippen molar-refractivity contribution in [1.29, 1.82) is 10.5 Å². The number of fused-ring (bicyclic) bond motifs is 1. The van der Waals surface area contributed by atoms with Crippen molar-refractivity contribution in [2.75, 3.05) is 23.8 Å². The van der Waals surface area contributed by atoms with Gasteiger partial charge in [0.25, 0.3) is 0 Å². The molecule has 1 saturated heterocycles. The molecule has 4 heterocycles. The summed E-state index contributed by atoms with van der Waals surface area (Å²) in [5, 5.41) is 30.6. The highest BCUT2D eigenvalue weighted by atomic mass is 35.5. The third-order valence-corrected chi connectivity index (χ3v) is 8.09. The van der Waals surface area contributed by atoms with E-state index >= 15 is 0 Å². The van der Waals surface area contributed by atoms with Gasteiger partial charge >= 0.3 is 0 Å². The second kappa shape index (κ2) is 10.8. The van der Waals surface area contributed by atoms with E-state index in [9.17, 15) is 14.9 Å². The monoisotopic (exact) mass is 592 g/mol. The Kier molecular flexibility index (Phi) is 7.07. The Morgan fingerprint density at radius 3 is 2.65 bits per heavy atom. The number of hydrazine groups is 2. The molecule has 0 saturated carbocycles. The molecule has 1 atom stereocenters. The summed E-state index contributed by atoms with van der Waals surface area (Å²) in [6.45, 7) is 1.25. The number of nitriles is 2. The Hall–Kier alpha value is -4.10. The number of pyridine rings is 1. The standard InChI is InChI=1S/C27H19Cl2FN8OS/c28-20-5-16(1-2-22(20)30)34-25-15(8-32)9-33-26-19(25)4-17(6-21(26)29)35-27(24-3-14(7-31)13-40-24)23-10-38(37-36-23)18-11-39-12-18/h1-6,9-10,13,18,27,35-37H,11-12H2,(H,33,34)/t27-/m1/s1. The normalized spacial score (nSPS) is 15.5. The predicted octanol–water partition coefficient (Wildman–Crippen LogP) is 5.95. The number of aromatic nitrogens is 1. The first kappa shape index (κ1) is 26.1. The molecule has 4 aromatic rings. The molecule has 2 aromatic carbocycles. The van der Waals surface area contributed by atoms with E-state index in [4.69, 9.17) is 27.9 Å². The zero-order valence-electron chi connectivity index (χ0n) is 20.5. The van der Waals surface area contributed by atoms with Crippen molar-refractivity contribution < 1.29 is 9.13 Å². The number of benzene rings is 2. The van der Waals surface area contributed by atoms with Crippen LogP contribution in [0.4, 0.5) is 21.5 Å². The zero-order valence-corrected chi connectivity index (χ0v) is 22.8. The van der Waals surface area contributed by atoms with Crippen LogP contribution >= 0.6 is 34.5 Å². The van der Waals surface area contributed by atoms with Crippen LogP contribution < -0.4 is 21.6 Å². The van der Waals surface area contributed by atoms with Gasteiger partial charge in [0.05, 0.1) is 57.3 Å². The molecule has 200 valence electrons. The lowest BCUT2D eigenvalue weighted by molar-refractivity contribution is -0.0635. The van der Waals surface area contributed by atoms with Crippen LogP contribution in [0.15, 0.2) is 59.9 Å². The maximum atomic E-state index is 13.8. The van der Waals surface area contributed by atoms with Crippen molar-refractivity contribution in [3.63, 3.8) is 0 Å². The van der Waals surface area contributed by atoms with Crippen molar-refractivity contribution in [2.45, 2.75) is 12.1 Å². The number of hydrogen-bond acceptors (Lipinski definition) is 10. The van der Waals surface area contributed by atoms with Crippen molar-refractivity contribution in [1.82, 2.24) is 21.0 Å². The van der Waals surface area contributed by atoms with E-state index in [-0.39, 0.29) is 22.7 Å². The molecule has 1 fully saturated rings. The molecule has 0 radical (unpaired) electrons. The fourth-order valence-electron chi connectivity index (χ4n) is 4.38. The molecule has 13 heteroatoms. The fraction of sp³-hybridized carbons (Fsp3) is 0.148. The minimum absolute atomic E-state index is 0.0498. The third kappa shape index (κ3) is 4.97. The Morgan fingerprint density at radius 1 is 1.12 bits per heavy atom. The van der Waals surface area contributed by atoms with E-state index in [1.54, 1.807) is 11.4 Å². The molecule has 6 rings (SSSR count). The summed E-state index contributed by atoms with van der Waals surface area (Å²) in [4.78, 5) is 5.31. The summed E-state index contributed by atoms with van der Waals surface area (Å²) < 4.78 is 19.1. The van der Waals surface area contributed by atoms with Crippen LogP contribution in [0.2, 0.25) is 10.0 Å². The molecule has 2 aliphatic rings. The SMILES string of the molecule is N#Cc1csc([C@H](Nc2cc(Cl)c3ncc(C#N)c(Nc4ccc(F)c(Cl)c4)c3c2)C2=CN(C3COC3)NN2)c1. The van der Waals surface area contributed by atoms with Crippen LogP contribution in [-0.4, -0.2) is 29.2 Å². The van der Waals surface area contributed by atoms with Gasteiger partial charge in [-0.3, -0.25) is 9.99 Å². The predicted molar refractivity (Wildman–Crippen MR) is 152 cm³/mol. The first-order valence-corrected chi connectivity index (χ1v) is 13.7. The summed E-state index contributed by atoms with van der Waals surface area (Å²) in [6.07, 6.45) is 3.41. The summed E-state index contributed by atoms with van der Waals surface area (Å²) in [6, 6.07) is 13.8. The fourth-order valence-corrected chi connectivity index (χ4v) is 5.73. The minimum atomic E-state index is -0.547. The van der Waals surface area contributed by atoms with Gasteiger partial charge in [-0.1, -0.05) is 23.2 Å². The van der Waals surface area contributed by atoms with Gasteiger partial charge in [0.1, 0.15) is 24.0 Å². The third-order valence-electron chi connectivity index (χ3n) is 6.51. The van der Waals surface area contributed by atoms with Crippen molar-refractivity contribution in [2.24, 2.45) is 0 Å². The average molecular weight is 593 g/mol. The van der Waals surface area contributed by atoms with Crippen LogP contribution in [0, 0.1) is 28.5 Å². The Labute approximate surface area is 242 Å². The molecule has 2 aliphatic heterocycles. The number of nitrogens with one attached hydrogen (secondary N) is 4. The number of thiophene rings is 1. The minimum Gasteiger partial charge on any atom is -0.377 e. The van der Waals surface area contributed by atoms with Gasteiger partial charge in [0, 0.05) is 39.4 Å². The topological polar surface area (TPSA) is 121 Å². The van der Waals surface area contributed by atoms with Gasteiger partial charge in [-0.25, -0.2) is 4.39 Å². The molecule has 9 nitrogen and oxygen atoms in total. The smallest absolute Gasteiger partial charge is 0.141 e. The summed E-state index contributed by atoms with van der Waals surface area (Å²) in [5.74, 6) is -0.547. The second-order valence-corrected chi connectivity index (χ2v) is 10.9. The summed E-state index contributed by atoms with van der Waals surface area (Å²) in [5.41, 5.74) is 10.1. The van der Waals surface area contributed by atoms with Crippen molar-refractivity contribution in [3.05, 3.63) is 91.7 Å². The lowest BCUT2D eigenvalue weighted by Gasteiger charge is -2.33. The molecule has 4 N–H and O–H groups in total. The Bertz CT molecular complexity index is 1740. The van der Waals surface area contributed by atoms with E-state index in [1.165, 1.54) is 35.7 Å². The van der Waals surface area contributed by atoms with Gasteiger partial charge in [0.2, 0.25) is 0 Å². The quantitative estimate of drug-likeness (QED) is 0.206. The van der Waals surface area contributed by atoms with Gasteiger partial charge in [-0.05, 0) is 36.4 Å². The van der Waals surface area contributed by atoms with Gasteiger partial charge < -0.3 is 20.8 Å². The van der Waals surface area contributed by atoms with Crippen molar-refractivity contribution in [3.8, 4) is 12.1 Å². The number of rotatable bonds is 7. The van der Waals surface area contributed by atoms with E-state index in [1.807, 2.05) is 23.3 Å². The Balaban J connectivity index is 1.41. The lowest BCUT2D eigenvalue weighted by Crippen LogP contribution is -2.52. The van der Waals surface area contributed by atoms with Crippen LogP contribution in [0.3, 0.4) is 0 Å². The highest BCUT2D eigenvalue weighted by molar-refractivity contribution is 7.10. The Morgan fingerprint density at radius 2 is 1.95 bits per heavy atom. The molecule has 40 heavy (non-hydrogen) atoms. The number of halogens is 3. The van der Waals surface area contributed by atoms with E-state index in [2.05, 4.69) is 38.7 Å². The maximum Gasteiger partial charge on any atom is 0.141 e. The van der Waals surface area contributed by atoms with E-state index in [0.29, 0.717) is 51.8 Å². The second-order valence-electron chi connectivity index (χ2n) is 9.11. The molecular weight excluding hydrogens is 574 g/mol. The molecule has 0 bridgehead atoms. The number of nitrogens with zero attached hydrogens (tertiary/aromatic N) is 4. The number of anilines is 3. The van der Waals surface area contributed by atoms with Crippen LogP contribution in [0.5, 0.6) is 0 Å². The molecular formula is C27H19Cl2FN8OS. The summed E-state index contributed by atoms with van der Waals surface area (Å²) >= 11 is 14.1.